The molecule has 0 spiro atoms. The third-order valence-corrected chi connectivity index (χ3v) is 5.16. The highest BCUT2D eigenvalue weighted by Crippen LogP contribution is 2.23. The third kappa shape index (κ3) is 4.12. The van der Waals surface area contributed by atoms with Gasteiger partial charge in [0.05, 0.1) is 11.5 Å². The number of thiophene rings is 1. The minimum Gasteiger partial charge on any atom is -0.477 e. The molecule has 0 aliphatic carbocycles. The SMILES string of the molecule is CCCCS(=O)(=O)Cc1cc(C(=O)O)sc1C. The highest BCUT2D eigenvalue weighted by Gasteiger charge is 2.17. The summed E-state index contributed by atoms with van der Waals surface area (Å²) in [6, 6.07) is 1.46. The normalized spacial score (nSPS) is 11.6. The summed E-state index contributed by atoms with van der Waals surface area (Å²) in [5.74, 6) is -0.889. The Morgan fingerprint density at radius 1 is 1.47 bits per heavy atom. The lowest BCUT2D eigenvalue weighted by Gasteiger charge is -2.02. The summed E-state index contributed by atoms with van der Waals surface area (Å²) >= 11 is 1.12. The van der Waals surface area contributed by atoms with Gasteiger partial charge in [0.1, 0.15) is 4.88 Å². The first-order valence-electron chi connectivity index (χ1n) is 5.38. The summed E-state index contributed by atoms with van der Waals surface area (Å²) in [7, 11) is -3.12. The van der Waals surface area contributed by atoms with E-state index < -0.39 is 15.8 Å². The number of carboxylic acids is 1. The molecule has 0 amide bonds. The number of rotatable bonds is 6. The van der Waals surface area contributed by atoms with Crippen molar-refractivity contribution in [2.75, 3.05) is 5.75 Å². The highest BCUT2D eigenvalue weighted by atomic mass is 32.2. The lowest BCUT2D eigenvalue weighted by atomic mass is 10.3. The van der Waals surface area contributed by atoms with Gasteiger partial charge < -0.3 is 5.11 Å². The van der Waals surface area contributed by atoms with Crippen LogP contribution in [0.4, 0.5) is 0 Å². The van der Waals surface area contributed by atoms with E-state index in [4.69, 9.17) is 5.11 Å². The molecule has 1 rings (SSSR count). The Labute approximate surface area is 105 Å². The van der Waals surface area contributed by atoms with Crippen LogP contribution in [0.2, 0.25) is 0 Å². The van der Waals surface area contributed by atoms with Crippen LogP contribution < -0.4 is 0 Å². The van der Waals surface area contributed by atoms with Crippen LogP contribution in [0.15, 0.2) is 6.07 Å². The summed E-state index contributed by atoms with van der Waals surface area (Å²) in [5.41, 5.74) is 0.614. The van der Waals surface area contributed by atoms with Crippen molar-refractivity contribution in [2.45, 2.75) is 32.4 Å². The van der Waals surface area contributed by atoms with Crippen molar-refractivity contribution in [1.82, 2.24) is 0 Å². The van der Waals surface area contributed by atoms with Crippen molar-refractivity contribution in [2.24, 2.45) is 0 Å². The first-order chi connectivity index (χ1) is 7.85. The van der Waals surface area contributed by atoms with Crippen LogP contribution in [0.1, 0.15) is 39.9 Å². The molecule has 0 aromatic carbocycles. The van der Waals surface area contributed by atoms with Gasteiger partial charge in [0.2, 0.25) is 0 Å². The molecular formula is C11H16O4S2. The van der Waals surface area contributed by atoms with Crippen LogP contribution in [0, 0.1) is 6.92 Å². The second-order valence-corrected chi connectivity index (χ2v) is 7.38. The van der Waals surface area contributed by atoms with Crippen LogP contribution in [0.3, 0.4) is 0 Å². The summed E-state index contributed by atoms with van der Waals surface area (Å²) in [4.78, 5) is 11.7. The molecule has 0 saturated heterocycles. The average Bonchev–Trinajstić information content (AvgIpc) is 2.57. The third-order valence-electron chi connectivity index (χ3n) is 2.42. The zero-order valence-corrected chi connectivity index (χ0v) is 11.5. The predicted molar refractivity (Wildman–Crippen MR) is 68.4 cm³/mol. The topological polar surface area (TPSA) is 71.4 Å². The molecule has 0 radical (unpaired) electrons. The smallest absolute Gasteiger partial charge is 0.345 e. The monoisotopic (exact) mass is 276 g/mol. The standard InChI is InChI=1S/C11H16O4S2/c1-3-4-5-17(14,15)7-9-6-10(11(12)13)16-8(9)2/h6H,3-5,7H2,1-2H3,(H,12,13). The van der Waals surface area contributed by atoms with Crippen LogP contribution in [-0.2, 0) is 15.6 Å². The van der Waals surface area contributed by atoms with Gasteiger partial charge in [-0.2, -0.15) is 0 Å². The van der Waals surface area contributed by atoms with Gasteiger partial charge >= 0.3 is 5.97 Å². The zero-order chi connectivity index (χ0) is 13.1. The maximum atomic E-state index is 11.7. The molecule has 0 atom stereocenters. The van der Waals surface area contributed by atoms with Gasteiger partial charge in [-0.15, -0.1) is 11.3 Å². The minimum atomic E-state index is -3.12. The van der Waals surface area contributed by atoms with E-state index in [2.05, 4.69) is 0 Å². The van der Waals surface area contributed by atoms with Crippen LogP contribution >= 0.6 is 11.3 Å². The molecule has 0 bridgehead atoms. The molecule has 1 N–H and O–H groups in total. The van der Waals surface area contributed by atoms with Gasteiger partial charge in [0.15, 0.2) is 9.84 Å². The molecule has 1 aromatic heterocycles. The highest BCUT2D eigenvalue weighted by molar-refractivity contribution is 7.90. The maximum Gasteiger partial charge on any atom is 0.345 e. The Bertz CT molecular complexity index is 500. The van der Waals surface area contributed by atoms with Gasteiger partial charge in [-0.1, -0.05) is 13.3 Å². The molecule has 0 aliphatic rings. The second-order valence-electron chi connectivity index (χ2n) is 3.94. The Hall–Kier alpha value is -0.880. The van der Waals surface area contributed by atoms with Crippen molar-refractivity contribution >= 4 is 27.1 Å². The fraction of sp³-hybridized carbons (Fsp3) is 0.545. The van der Waals surface area contributed by atoms with E-state index in [0.717, 1.165) is 22.6 Å². The van der Waals surface area contributed by atoms with Gasteiger partial charge in [-0.3, -0.25) is 0 Å². The lowest BCUT2D eigenvalue weighted by molar-refractivity contribution is 0.0702. The number of sulfone groups is 1. The molecule has 0 saturated carbocycles. The molecule has 96 valence electrons. The van der Waals surface area contributed by atoms with E-state index in [1.807, 2.05) is 6.92 Å². The number of hydrogen-bond donors (Lipinski definition) is 1. The fourth-order valence-corrected chi connectivity index (χ4v) is 4.06. The predicted octanol–water partition coefficient (Wildman–Crippen LogP) is 2.47. The molecule has 4 nitrogen and oxygen atoms in total. The molecule has 17 heavy (non-hydrogen) atoms. The Kier molecular flexibility index (Phi) is 4.70. The van der Waals surface area contributed by atoms with Gasteiger partial charge in [0.25, 0.3) is 0 Å². The van der Waals surface area contributed by atoms with E-state index in [-0.39, 0.29) is 16.4 Å². The molecule has 1 heterocycles. The Balaban J connectivity index is 2.84. The first-order valence-corrected chi connectivity index (χ1v) is 8.02. The molecule has 0 unspecified atom stereocenters. The number of carbonyl (C=O) groups is 1. The minimum absolute atomic E-state index is 0.0530. The summed E-state index contributed by atoms with van der Waals surface area (Å²) in [6.07, 6.45) is 1.49. The fourth-order valence-electron chi connectivity index (χ4n) is 1.44. The molecule has 0 aliphatic heterocycles. The number of aryl methyl sites for hydroxylation is 1. The van der Waals surface area contributed by atoms with Gasteiger partial charge in [-0.25, -0.2) is 13.2 Å². The number of hydrogen-bond acceptors (Lipinski definition) is 4. The number of carboxylic acid groups (broad SMARTS) is 1. The molecule has 0 fully saturated rings. The quantitative estimate of drug-likeness (QED) is 0.866. The van der Waals surface area contributed by atoms with E-state index in [9.17, 15) is 13.2 Å². The van der Waals surface area contributed by atoms with E-state index in [0.29, 0.717) is 12.0 Å². The van der Waals surface area contributed by atoms with E-state index in [1.54, 1.807) is 6.92 Å². The Morgan fingerprint density at radius 2 is 2.12 bits per heavy atom. The number of unbranched alkanes of at least 4 members (excludes halogenated alkanes) is 1. The van der Waals surface area contributed by atoms with Crippen molar-refractivity contribution in [3.63, 3.8) is 0 Å². The largest absolute Gasteiger partial charge is 0.477 e. The Morgan fingerprint density at radius 3 is 2.59 bits per heavy atom. The summed E-state index contributed by atoms with van der Waals surface area (Å²) in [5, 5.41) is 8.82. The molecule has 1 aromatic rings. The zero-order valence-electron chi connectivity index (χ0n) is 9.89. The van der Waals surface area contributed by atoms with Crippen molar-refractivity contribution in [3.05, 3.63) is 21.4 Å². The average molecular weight is 276 g/mol. The van der Waals surface area contributed by atoms with E-state index in [1.165, 1.54) is 6.07 Å². The van der Waals surface area contributed by atoms with E-state index >= 15 is 0 Å². The summed E-state index contributed by atoms with van der Waals surface area (Å²) < 4.78 is 23.5. The van der Waals surface area contributed by atoms with Crippen molar-refractivity contribution < 1.29 is 18.3 Å². The van der Waals surface area contributed by atoms with Crippen LogP contribution in [0.25, 0.3) is 0 Å². The van der Waals surface area contributed by atoms with Gasteiger partial charge in [0, 0.05) is 4.88 Å². The molecule has 6 heteroatoms. The van der Waals surface area contributed by atoms with Crippen molar-refractivity contribution in [3.8, 4) is 0 Å². The first kappa shape index (κ1) is 14.2. The second kappa shape index (κ2) is 5.64. The van der Waals surface area contributed by atoms with Gasteiger partial charge in [-0.05, 0) is 25.0 Å². The van der Waals surface area contributed by atoms with Crippen molar-refractivity contribution in [1.29, 1.82) is 0 Å². The number of aromatic carboxylic acids is 1. The summed E-state index contributed by atoms with van der Waals surface area (Å²) in [6.45, 7) is 3.69. The van der Waals surface area contributed by atoms with Crippen LogP contribution in [-0.4, -0.2) is 25.2 Å². The van der Waals surface area contributed by atoms with Crippen LogP contribution in [0.5, 0.6) is 0 Å². The molecular weight excluding hydrogens is 260 g/mol. The lowest BCUT2D eigenvalue weighted by Crippen LogP contribution is -2.09. The maximum absolute atomic E-state index is 11.7.